The summed E-state index contributed by atoms with van der Waals surface area (Å²) in [4.78, 5) is 12.0. The zero-order valence-corrected chi connectivity index (χ0v) is 16.6. The highest BCUT2D eigenvalue weighted by molar-refractivity contribution is 6.30. The van der Waals surface area contributed by atoms with Crippen LogP contribution < -0.4 is 10.1 Å². The Morgan fingerprint density at radius 2 is 1.69 bits per heavy atom. The molecule has 1 amide bonds. The van der Waals surface area contributed by atoms with Crippen LogP contribution in [-0.2, 0) is 4.79 Å². The number of rotatable bonds is 6. The van der Waals surface area contributed by atoms with E-state index in [-0.39, 0.29) is 12.5 Å². The molecule has 3 rings (SSSR count). The third-order valence-corrected chi connectivity index (χ3v) is 4.42. The lowest BCUT2D eigenvalue weighted by Crippen LogP contribution is -2.20. The number of carbonyl (C=O) groups excluding carboxylic acids is 1. The van der Waals surface area contributed by atoms with Crippen LogP contribution in [0, 0.1) is 18.3 Å². The SMILES string of the molecule is Cc1ccc(/C(C#N)=C/c2ccc(OCC(=O)Nc3ccc(Cl)cc3)cc2)cc1. The number of benzene rings is 3. The van der Waals surface area contributed by atoms with Gasteiger partial charge in [0.15, 0.2) is 6.61 Å². The van der Waals surface area contributed by atoms with Crippen LogP contribution in [0.15, 0.2) is 72.8 Å². The number of halogens is 1. The van der Waals surface area contributed by atoms with Crippen molar-refractivity contribution < 1.29 is 9.53 Å². The molecule has 5 heteroatoms. The number of anilines is 1. The fraction of sp³-hybridized carbons (Fsp3) is 0.0833. The zero-order chi connectivity index (χ0) is 20.6. The Labute approximate surface area is 175 Å². The average molecular weight is 403 g/mol. The van der Waals surface area contributed by atoms with Gasteiger partial charge in [-0.25, -0.2) is 0 Å². The summed E-state index contributed by atoms with van der Waals surface area (Å²) >= 11 is 5.82. The lowest BCUT2D eigenvalue weighted by Gasteiger charge is -2.08. The Balaban J connectivity index is 1.59. The Kier molecular flexibility index (Phi) is 6.67. The summed E-state index contributed by atoms with van der Waals surface area (Å²) in [5.74, 6) is 0.310. The monoisotopic (exact) mass is 402 g/mol. The molecule has 0 saturated carbocycles. The molecule has 1 N–H and O–H groups in total. The lowest BCUT2D eigenvalue weighted by molar-refractivity contribution is -0.118. The van der Waals surface area contributed by atoms with Gasteiger partial charge in [-0.2, -0.15) is 5.26 Å². The number of nitrogens with zero attached hydrogens (tertiary/aromatic N) is 1. The van der Waals surface area contributed by atoms with Gasteiger partial charge in [-0.3, -0.25) is 4.79 Å². The van der Waals surface area contributed by atoms with E-state index in [0.29, 0.717) is 22.0 Å². The van der Waals surface area contributed by atoms with Crippen LogP contribution >= 0.6 is 11.6 Å². The van der Waals surface area contributed by atoms with Crippen molar-refractivity contribution in [2.24, 2.45) is 0 Å². The van der Waals surface area contributed by atoms with E-state index in [1.807, 2.05) is 49.4 Å². The largest absolute Gasteiger partial charge is 0.484 e. The molecular weight excluding hydrogens is 384 g/mol. The predicted molar refractivity (Wildman–Crippen MR) is 117 cm³/mol. The molecule has 4 nitrogen and oxygen atoms in total. The summed E-state index contributed by atoms with van der Waals surface area (Å²) in [5, 5.41) is 12.8. The molecule has 0 atom stereocenters. The van der Waals surface area contributed by atoms with Crippen LogP contribution in [0.5, 0.6) is 5.75 Å². The molecule has 0 heterocycles. The predicted octanol–water partition coefficient (Wildman–Crippen LogP) is 5.73. The smallest absolute Gasteiger partial charge is 0.262 e. The van der Waals surface area contributed by atoms with Crippen molar-refractivity contribution in [2.75, 3.05) is 11.9 Å². The fourth-order valence-electron chi connectivity index (χ4n) is 2.62. The van der Waals surface area contributed by atoms with Gasteiger partial charge >= 0.3 is 0 Å². The van der Waals surface area contributed by atoms with Crippen LogP contribution in [0.1, 0.15) is 16.7 Å². The van der Waals surface area contributed by atoms with Gasteiger partial charge in [0, 0.05) is 10.7 Å². The van der Waals surface area contributed by atoms with E-state index in [4.69, 9.17) is 16.3 Å². The molecule has 0 bridgehead atoms. The highest BCUT2D eigenvalue weighted by Gasteiger charge is 2.05. The molecule has 0 aliphatic carbocycles. The minimum absolute atomic E-state index is 0.107. The number of ether oxygens (including phenoxy) is 1. The van der Waals surface area contributed by atoms with E-state index in [9.17, 15) is 10.1 Å². The zero-order valence-electron chi connectivity index (χ0n) is 15.9. The molecule has 0 unspecified atom stereocenters. The van der Waals surface area contributed by atoms with Crippen molar-refractivity contribution in [2.45, 2.75) is 6.92 Å². The average Bonchev–Trinajstić information content (AvgIpc) is 2.74. The first-order valence-corrected chi connectivity index (χ1v) is 9.38. The summed E-state index contributed by atoms with van der Waals surface area (Å²) in [6.07, 6.45) is 1.82. The molecule has 0 fully saturated rings. The summed E-state index contributed by atoms with van der Waals surface area (Å²) in [5.41, 5.74) is 4.13. The Bertz CT molecular complexity index is 1050. The van der Waals surface area contributed by atoms with Crippen LogP contribution in [0.4, 0.5) is 5.69 Å². The van der Waals surface area contributed by atoms with E-state index < -0.39 is 0 Å². The first-order valence-electron chi connectivity index (χ1n) is 9.00. The summed E-state index contributed by atoms with van der Waals surface area (Å²) < 4.78 is 5.52. The number of hydrogen-bond acceptors (Lipinski definition) is 3. The second-order valence-corrected chi connectivity index (χ2v) is 6.89. The first-order chi connectivity index (χ1) is 14.0. The standard InChI is InChI=1S/C24H19ClN2O2/c1-17-2-6-19(7-3-17)20(15-26)14-18-4-12-23(13-5-18)29-16-24(28)27-22-10-8-21(25)9-11-22/h2-14H,16H2,1H3,(H,27,28)/b20-14+. The van der Waals surface area contributed by atoms with Crippen LogP contribution in [0.3, 0.4) is 0 Å². The van der Waals surface area contributed by atoms with E-state index >= 15 is 0 Å². The normalized spacial score (nSPS) is 10.9. The molecule has 0 aliphatic rings. The summed E-state index contributed by atoms with van der Waals surface area (Å²) in [6.45, 7) is 1.90. The number of hydrogen-bond donors (Lipinski definition) is 1. The third kappa shape index (κ3) is 5.97. The molecule has 0 saturated heterocycles. The maximum atomic E-state index is 12.0. The van der Waals surface area contributed by atoms with Crippen LogP contribution in [-0.4, -0.2) is 12.5 Å². The van der Waals surface area contributed by atoms with Gasteiger partial charge in [-0.1, -0.05) is 53.6 Å². The number of nitriles is 1. The quantitative estimate of drug-likeness (QED) is 0.423. The number of nitrogens with one attached hydrogen (secondary N) is 1. The van der Waals surface area contributed by atoms with Crippen LogP contribution in [0.2, 0.25) is 5.02 Å². The van der Waals surface area contributed by atoms with Gasteiger partial charge < -0.3 is 10.1 Å². The van der Waals surface area contributed by atoms with Crippen LogP contribution in [0.25, 0.3) is 11.6 Å². The molecule has 3 aromatic carbocycles. The van der Waals surface area contributed by atoms with Crippen molar-refractivity contribution >= 4 is 34.8 Å². The van der Waals surface area contributed by atoms with Crippen molar-refractivity contribution in [3.63, 3.8) is 0 Å². The minimum atomic E-state index is -0.262. The summed E-state index contributed by atoms with van der Waals surface area (Å²) in [7, 11) is 0. The molecule has 29 heavy (non-hydrogen) atoms. The molecule has 0 aromatic heterocycles. The molecule has 0 aliphatic heterocycles. The van der Waals surface area contributed by atoms with Gasteiger partial charge in [0.2, 0.25) is 0 Å². The molecule has 144 valence electrons. The van der Waals surface area contributed by atoms with Gasteiger partial charge in [0.05, 0.1) is 11.6 Å². The number of aryl methyl sites for hydroxylation is 1. The second-order valence-electron chi connectivity index (χ2n) is 6.45. The van der Waals surface area contributed by atoms with Crippen molar-refractivity contribution in [3.8, 4) is 11.8 Å². The Hall–Kier alpha value is -3.55. The first kappa shape index (κ1) is 20.2. The number of amides is 1. The highest BCUT2D eigenvalue weighted by atomic mass is 35.5. The van der Waals surface area contributed by atoms with Gasteiger partial charge in [-0.05, 0) is 60.5 Å². The minimum Gasteiger partial charge on any atom is -0.484 e. The van der Waals surface area contributed by atoms with Crippen molar-refractivity contribution in [1.82, 2.24) is 0 Å². The Morgan fingerprint density at radius 1 is 1.03 bits per heavy atom. The molecule has 3 aromatic rings. The highest BCUT2D eigenvalue weighted by Crippen LogP contribution is 2.20. The van der Waals surface area contributed by atoms with E-state index in [1.54, 1.807) is 36.4 Å². The van der Waals surface area contributed by atoms with E-state index in [2.05, 4.69) is 11.4 Å². The van der Waals surface area contributed by atoms with Crippen molar-refractivity contribution in [1.29, 1.82) is 5.26 Å². The van der Waals surface area contributed by atoms with Gasteiger partial charge in [0.25, 0.3) is 5.91 Å². The maximum absolute atomic E-state index is 12.0. The summed E-state index contributed by atoms with van der Waals surface area (Å²) in [6, 6.07) is 24.1. The van der Waals surface area contributed by atoms with Gasteiger partial charge in [0.1, 0.15) is 5.75 Å². The number of allylic oxidation sites excluding steroid dienone is 1. The molecule has 0 spiro atoms. The van der Waals surface area contributed by atoms with Crippen molar-refractivity contribution in [3.05, 3.63) is 94.5 Å². The number of carbonyl (C=O) groups is 1. The third-order valence-electron chi connectivity index (χ3n) is 4.17. The topological polar surface area (TPSA) is 62.1 Å². The fourth-order valence-corrected chi connectivity index (χ4v) is 2.75. The lowest BCUT2D eigenvalue weighted by atomic mass is 10.0. The second kappa shape index (κ2) is 9.59. The molecular formula is C24H19ClN2O2. The molecule has 0 radical (unpaired) electrons. The van der Waals surface area contributed by atoms with E-state index in [1.165, 1.54) is 0 Å². The van der Waals surface area contributed by atoms with E-state index in [0.717, 1.165) is 16.7 Å². The Morgan fingerprint density at radius 3 is 2.31 bits per heavy atom. The van der Waals surface area contributed by atoms with Gasteiger partial charge in [-0.15, -0.1) is 0 Å². The maximum Gasteiger partial charge on any atom is 0.262 e.